The zero-order chi connectivity index (χ0) is 9.94. The van der Waals surface area contributed by atoms with Crippen LogP contribution in [0.25, 0.3) is 0 Å². The fourth-order valence-corrected chi connectivity index (χ4v) is 0.949. The van der Waals surface area contributed by atoms with Gasteiger partial charge in [-0.1, -0.05) is 24.8 Å². The van der Waals surface area contributed by atoms with Crippen LogP contribution in [0.2, 0.25) is 0 Å². The van der Waals surface area contributed by atoms with Crippen LogP contribution < -0.4 is 0 Å². The highest BCUT2D eigenvalue weighted by Gasteiger charge is 1.91. The Hall–Kier alpha value is -1.05. The van der Waals surface area contributed by atoms with Crippen molar-refractivity contribution in [1.82, 2.24) is 0 Å². The van der Waals surface area contributed by atoms with Gasteiger partial charge in [0.1, 0.15) is 0 Å². The second kappa shape index (κ2) is 9.04. The zero-order valence-corrected chi connectivity index (χ0v) is 8.29. The van der Waals surface area contributed by atoms with Crippen molar-refractivity contribution in [3.63, 3.8) is 0 Å². The molecule has 0 rings (SSSR count). The summed E-state index contributed by atoms with van der Waals surface area (Å²) in [6, 6.07) is 0. The summed E-state index contributed by atoms with van der Waals surface area (Å²) in [7, 11) is 0. The van der Waals surface area contributed by atoms with Crippen LogP contribution in [0.15, 0.2) is 24.8 Å². The summed E-state index contributed by atoms with van der Waals surface area (Å²) >= 11 is 0. The number of esters is 1. The first kappa shape index (κ1) is 11.9. The molecular formula is C11H18O2. The van der Waals surface area contributed by atoms with E-state index < -0.39 is 0 Å². The average molecular weight is 182 g/mol. The van der Waals surface area contributed by atoms with E-state index >= 15 is 0 Å². The Morgan fingerprint density at radius 1 is 1.38 bits per heavy atom. The minimum atomic E-state index is -0.188. The number of hydrogen-bond donors (Lipinski definition) is 0. The Balaban J connectivity index is 3.03. The molecule has 2 nitrogen and oxygen atoms in total. The normalized spacial score (nSPS) is 10.2. The van der Waals surface area contributed by atoms with Crippen LogP contribution in [0.5, 0.6) is 0 Å². The lowest BCUT2D eigenvalue weighted by Crippen LogP contribution is -1.99. The molecule has 0 saturated carbocycles. The molecule has 0 amide bonds. The van der Waals surface area contributed by atoms with Crippen molar-refractivity contribution in [2.24, 2.45) is 0 Å². The number of unbranched alkanes of at least 4 members (excludes halogenated alkanes) is 3. The lowest BCUT2D eigenvalue weighted by atomic mass is 10.2. The van der Waals surface area contributed by atoms with Crippen LogP contribution in [0.3, 0.4) is 0 Å². The van der Waals surface area contributed by atoms with Crippen LogP contribution in [-0.4, -0.2) is 12.6 Å². The third-order valence-electron chi connectivity index (χ3n) is 1.59. The van der Waals surface area contributed by atoms with E-state index in [0.29, 0.717) is 6.61 Å². The summed E-state index contributed by atoms with van der Waals surface area (Å²) in [6.45, 7) is 5.58. The smallest absolute Gasteiger partial charge is 0.302 e. The lowest BCUT2D eigenvalue weighted by Gasteiger charge is -1.99. The molecule has 0 N–H and O–H groups in total. The van der Waals surface area contributed by atoms with E-state index in [9.17, 15) is 4.79 Å². The van der Waals surface area contributed by atoms with Crippen molar-refractivity contribution >= 4 is 5.97 Å². The Labute approximate surface area is 80.3 Å². The van der Waals surface area contributed by atoms with Crippen LogP contribution >= 0.6 is 0 Å². The molecule has 0 saturated heterocycles. The van der Waals surface area contributed by atoms with Crippen molar-refractivity contribution in [2.45, 2.75) is 32.6 Å². The number of rotatable bonds is 7. The summed E-state index contributed by atoms with van der Waals surface area (Å²) in [5, 5.41) is 0. The molecule has 74 valence electrons. The molecule has 0 aromatic rings. The van der Waals surface area contributed by atoms with Crippen LogP contribution in [0.1, 0.15) is 32.6 Å². The Morgan fingerprint density at radius 2 is 2.15 bits per heavy atom. The van der Waals surface area contributed by atoms with E-state index in [-0.39, 0.29) is 5.97 Å². The number of hydrogen-bond acceptors (Lipinski definition) is 2. The predicted octanol–water partition coefficient (Wildman–Crippen LogP) is 2.85. The van der Waals surface area contributed by atoms with Crippen molar-refractivity contribution in [3.8, 4) is 0 Å². The van der Waals surface area contributed by atoms with E-state index in [2.05, 4.69) is 12.7 Å². The Morgan fingerprint density at radius 3 is 2.77 bits per heavy atom. The molecule has 0 radical (unpaired) electrons. The first-order chi connectivity index (χ1) is 6.27. The Bertz CT molecular complexity index is 171. The molecule has 0 aromatic carbocycles. The highest BCUT2D eigenvalue weighted by Crippen LogP contribution is 2.01. The fraction of sp³-hybridized carbons (Fsp3) is 0.545. The molecule has 0 aliphatic rings. The summed E-state index contributed by atoms with van der Waals surface area (Å²) < 4.78 is 4.80. The molecule has 0 spiro atoms. The molecule has 0 aliphatic heterocycles. The second-order valence-electron chi connectivity index (χ2n) is 2.85. The van der Waals surface area contributed by atoms with Gasteiger partial charge in [-0.25, -0.2) is 0 Å². The SMILES string of the molecule is C=C/C=C/CCCCCOC(C)=O. The van der Waals surface area contributed by atoms with E-state index in [1.807, 2.05) is 6.08 Å². The first-order valence-corrected chi connectivity index (χ1v) is 4.68. The maximum atomic E-state index is 10.4. The molecule has 0 atom stereocenters. The third kappa shape index (κ3) is 10.9. The summed E-state index contributed by atoms with van der Waals surface area (Å²) in [6.07, 6.45) is 10.1. The minimum Gasteiger partial charge on any atom is -0.466 e. The first-order valence-electron chi connectivity index (χ1n) is 4.68. The van der Waals surface area contributed by atoms with Crippen molar-refractivity contribution < 1.29 is 9.53 Å². The molecule has 0 fully saturated rings. The predicted molar refractivity (Wildman–Crippen MR) is 54.4 cm³/mol. The highest BCUT2D eigenvalue weighted by molar-refractivity contribution is 5.65. The topological polar surface area (TPSA) is 26.3 Å². The van der Waals surface area contributed by atoms with Gasteiger partial charge in [0, 0.05) is 6.92 Å². The van der Waals surface area contributed by atoms with Gasteiger partial charge in [-0.3, -0.25) is 4.79 Å². The van der Waals surface area contributed by atoms with E-state index in [0.717, 1.165) is 25.7 Å². The van der Waals surface area contributed by atoms with Gasteiger partial charge < -0.3 is 4.74 Å². The molecule has 0 bridgehead atoms. The van der Waals surface area contributed by atoms with Crippen molar-refractivity contribution in [1.29, 1.82) is 0 Å². The van der Waals surface area contributed by atoms with Crippen molar-refractivity contribution in [3.05, 3.63) is 24.8 Å². The average Bonchev–Trinajstić information content (AvgIpc) is 2.09. The number of ether oxygens (including phenoxy) is 1. The maximum absolute atomic E-state index is 10.4. The second-order valence-corrected chi connectivity index (χ2v) is 2.85. The molecular weight excluding hydrogens is 164 g/mol. The number of carbonyl (C=O) groups is 1. The molecule has 0 heterocycles. The Kier molecular flexibility index (Phi) is 8.31. The van der Waals surface area contributed by atoms with Crippen LogP contribution in [0, 0.1) is 0 Å². The highest BCUT2D eigenvalue weighted by atomic mass is 16.5. The van der Waals surface area contributed by atoms with Crippen molar-refractivity contribution in [2.75, 3.05) is 6.61 Å². The summed E-state index contributed by atoms with van der Waals surface area (Å²) in [5.74, 6) is -0.188. The van der Waals surface area contributed by atoms with Gasteiger partial charge in [0.25, 0.3) is 0 Å². The van der Waals surface area contributed by atoms with Gasteiger partial charge in [-0.05, 0) is 25.7 Å². The van der Waals surface area contributed by atoms with E-state index in [1.165, 1.54) is 6.92 Å². The minimum absolute atomic E-state index is 0.188. The van der Waals surface area contributed by atoms with E-state index in [4.69, 9.17) is 4.74 Å². The number of carbonyl (C=O) groups excluding carboxylic acids is 1. The monoisotopic (exact) mass is 182 g/mol. The van der Waals surface area contributed by atoms with Crippen LogP contribution in [0.4, 0.5) is 0 Å². The van der Waals surface area contributed by atoms with Gasteiger partial charge in [-0.15, -0.1) is 0 Å². The fourth-order valence-electron chi connectivity index (χ4n) is 0.949. The lowest BCUT2D eigenvalue weighted by molar-refractivity contribution is -0.141. The third-order valence-corrected chi connectivity index (χ3v) is 1.59. The molecule has 13 heavy (non-hydrogen) atoms. The summed E-state index contributed by atoms with van der Waals surface area (Å²) in [5.41, 5.74) is 0. The van der Waals surface area contributed by atoms with Gasteiger partial charge in [0.2, 0.25) is 0 Å². The molecule has 0 aliphatic carbocycles. The van der Waals surface area contributed by atoms with Gasteiger partial charge in [0.15, 0.2) is 0 Å². The molecule has 2 heteroatoms. The zero-order valence-electron chi connectivity index (χ0n) is 8.29. The molecule has 0 aromatic heterocycles. The maximum Gasteiger partial charge on any atom is 0.302 e. The van der Waals surface area contributed by atoms with Gasteiger partial charge >= 0.3 is 5.97 Å². The summed E-state index contributed by atoms with van der Waals surface area (Å²) in [4.78, 5) is 10.4. The van der Waals surface area contributed by atoms with Gasteiger partial charge in [-0.2, -0.15) is 0 Å². The van der Waals surface area contributed by atoms with Gasteiger partial charge in [0.05, 0.1) is 6.61 Å². The number of allylic oxidation sites excluding steroid dienone is 3. The van der Waals surface area contributed by atoms with E-state index in [1.54, 1.807) is 6.08 Å². The standard InChI is InChI=1S/C11H18O2/c1-3-4-5-6-7-8-9-10-13-11(2)12/h3-5H,1,6-10H2,2H3/b5-4+. The largest absolute Gasteiger partial charge is 0.466 e. The molecule has 0 unspecified atom stereocenters. The quantitative estimate of drug-likeness (QED) is 0.344. The van der Waals surface area contributed by atoms with Crippen LogP contribution in [-0.2, 0) is 9.53 Å².